The lowest BCUT2D eigenvalue weighted by Crippen LogP contribution is -2.53. The molecule has 0 amide bonds. The zero-order valence-electron chi connectivity index (χ0n) is 14.5. The Morgan fingerprint density at radius 2 is 2.08 bits per heavy atom. The number of allylic oxidation sites excluding steroid dienone is 1. The van der Waals surface area contributed by atoms with Crippen LogP contribution in [0.5, 0.6) is 0 Å². The molecule has 2 aliphatic rings. The third-order valence-electron chi connectivity index (χ3n) is 5.68. The minimum absolute atomic E-state index is 0.0350. The maximum absolute atomic E-state index is 13.0. The van der Waals surface area contributed by atoms with Crippen molar-refractivity contribution in [2.45, 2.75) is 25.8 Å². The first-order chi connectivity index (χ1) is 12.1. The Labute approximate surface area is 146 Å². The van der Waals surface area contributed by atoms with E-state index in [9.17, 15) is 9.59 Å². The van der Waals surface area contributed by atoms with Gasteiger partial charge in [-0.3, -0.25) is 9.59 Å². The molecule has 1 fully saturated rings. The van der Waals surface area contributed by atoms with Crippen molar-refractivity contribution in [3.8, 4) is 0 Å². The molecule has 1 aromatic heterocycles. The summed E-state index contributed by atoms with van der Waals surface area (Å²) in [4.78, 5) is 28.8. The van der Waals surface area contributed by atoms with Crippen molar-refractivity contribution >= 4 is 22.7 Å². The Hall–Kier alpha value is -2.40. The van der Waals surface area contributed by atoms with E-state index in [1.165, 1.54) is 7.11 Å². The molecule has 1 aromatic carbocycles. The molecule has 1 saturated heterocycles. The number of ether oxygens (including phenoxy) is 1. The molecule has 25 heavy (non-hydrogen) atoms. The molecule has 0 radical (unpaired) electrons. The van der Waals surface area contributed by atoms with Gasteiger partial charge >= 0.3 is 5.97 Å². The average Bonchev–Trinajstić information content (AvgIpc) is 2.99. The van der Waals surface area contributed by atoms with Gasteiger partial charge in [0.15, 0.2) is 5.78 Å². The average molecular weight is 338 g/mol. The molecule has 130 valence electrons. The Balaban J connectivity index is 1.87. The van der Waals surface area contributed by atoms with E-state index in [4.69, 9.17) is 4.74 Å². The maximum Gasteiger partial charge on any atom is 0.310 e. The number of aromatic amines is 1. The molecule has 3 atom stereocenters. The summed E-state index contributed by atoms with van der Waals surface area (Å²) >= 11 is 0. The molecule has 2 heterocycles. The standard InChI is InChI=1S/C20H22N2O3/c1-3-11-10-21-16-8-14-12-6-4-5-7-15(12)22-19(14)17(23)9-13(11)18(16)20(24)25-2/h3-7,13,16,18,21-22H,8-10H2,1-2H3/b11-3-/t13-,16+,18+/m1/s1. The minimum atomic E-state index is -0.337. The van der Waals surface area contributed by atoms with Crippen LogP contribution in [0.4, 0.5) is 0 Å². The highest BCUT2D eigenvalue weighted by molar-refractivity contribution is 6.03. The largest absolute Gasteiger partial charge is 0.469 e. The fraction of sp³-hybridized carbons (Fsp3) is 0.400. The molecule has 5 heteroatoms. The van der Waals surface area contributed by atoms with Gasteiger partial charge in [-0.05, 0) is 25.0 Å². The van der Waals surface area contributed by atoms with Crippen LogP contribution in [0.15, 0.2) is 35.9 Å². The van der Waals surface area contributed by atoms with Crippen molar-refractivity contribution in [2.75, 3.05) is 13.7 Å². The lowest BCUT2D eigenvalue weighted by atomic mass is 9.71. The van der Waals surface area contributed by atoms with Gasteiger partial charge in [-0.2, -0.15) is 0 Å². The van der Waals surface area contributed by atoms with Gasteiger partial charge in [0.25, 0.3) is 0 Å². The Kier molecular flexibility index (Phi) is 3.96. The van der Waals surface area contributed by atoms with Crippen molar-refractivity contribution in [3.05, 3.63) is 47.2 Å². The monoisotopic (exact) mass is 338 g/mol. The zero-order valence-corrected chi connectivity index (χ0v) is 14.5. The molecule has 1 aliphatic heterocycles. The van der Waals surface area contributed by atoms with E-state index in [2.05, 4.69) is 10.3 Å². The van der Waals surface area contributed by atoms with E-state index in [-0.39, 0.29) is 29.6 Å². The third-order valence-corrected chi connectivity index (χ3v) is 5.68. The van der Waals surface area contributed by atoms with Gasteiger partial charge in [-0.1, -0.05) is 29.8 Å². The number of hydrogen-bond acceptors (Lipinski definition) is 4. The molecule has 0 spiro atoms. The summed E-state index contributed by atoms with van der Waals surface area (Å²) in [5.41, 5.74) is 3.78. The lowest BCUT2D eigenvalue weighted by molar-refractivity contribution is -0.148. The first-order valence-corrected chi connectivity index (χ1v) is 8.73. The highest BCUT2D eigenvalue weighted by Crippen LogP contribution is 2.38. The second kappa shape index (κ2) is 6.15. The van der Waals surface area contributed by atoms with E-state index >= 15 is 0 Å². The van der Waals surface area contributed by atoms with Crippen molar-refractivity contribution in [1.82, 2.24) is 10.3 Å². The second-order valence-electron chi connectivity index (χ2n) is 6.86. The van der Waals surface area contributed by atoms with E-state index < -0.39 is 0 Å². The van der Waals surface area contributed by atoms with Gasteiger partial charge in [-0.25, -0.2) is 0 Å². The molecule has 0 unspecified atom stereocenters. The Morgan fingerprint density at radius 1 is 1.28 bits per heavy atom. The number of nitrogens with one attached hydrogen (secondary N) is 2. The number of benzene rings is 1. The number of fused-ring (bicyclic) bond motifs is 5. The van der Waals surface area contributed by atoms with Crippen LogP contribution in [0.3, 0.4) is 0 Å². The summed E-state index contributed by atoms with van der Waals surface area (Å²) in [5, 5.41) is 4.56. The van der Waals surface area contributed by atoms with Crippen LogP contribution in [-0.4, -0.2) is 36.4 Å². The smallest absolute Gasteiger partial charge is 0.310 e. The lowest BCUT2D eigenvalue weighted by Gasteiger charge is -2.40. The minimum Gasteiger partial charge on any atom is -0.469 e. The zero-order chi connectivity index (χ0) is 17.6. The van der Waals surface area contributed by atoms with Gasteiger partial charge in [0, 0.05) is 35.8 Å². The van der Waals surface area contributed by atoms with Crippen LogP contribution < -0.4 is 5.32 Å². The number of para-hydroxylation sites is 1. The number of Topliss-reactive ketones (excluding diaryl/α,β-unsaturated/α-hetero) is 1. The van der Waals surface area contributed by atoms with E-state index in [1.807, 2.05) is 37.3 Å². The summed E-state index contributed by atoms with van der Waals surface area (Å²) in [6, 6.07) is 7.92. The number of piperidine rings is 1. The van der Waals surface area contributed by atoms with Crippen molar-refractivity contribution in [2.24, 2.45) is 11.8 Å². The number of hydrogen-bond donors (Lipinski definition) is 2. The number of H-pyrrole nitrogens is 1. The highest BCUT2D eigenvalue weighted by Gasteiger charge is 2.44. The van der Waals surface area contributed by atoms with E-state index in [0.717, 1.165) is 22.0 Å². The van der Waals surface area contributed by atoms with Crippen LogP contribution in [0.2, 0.25) is 0 Å². The third kappa shape index (κ3) is 2.50. The van der Waals surface area contributed by atoms with Crippen LogP contribution in [0.25, 0.3) is 10.9 Å². The number of carbonyl (C=O) groups excluding carboxylic acids is 2. The van der Waals surface area contributed by atoms with Crippen molar-refractivity contribution in [3.63, 3.8) is 0 Å². The topological polar surface area (TPSA) is 71.2 Å². The SMILES string of the molecule is C/C=C1/CN[C@H]2Cc3c([nH]c4ccccc34)C(=O)C[C@H]1[C@@H]2C(=O)OC. The van der Waals surface area contributed by atoms with Crippen LogP contribution in [0.1, 0.15) is 29.4 Å². The van der Waals surface area contributed by atoms with E-state index in [0.29, 0.717) is 25.1 Å². The molecule has 4 rings (SSSR count). The molecular weight excluding hydrogens is 316 g/mol. The molecule has 0 saturated carbocycles. The van der Waals surface area contributed by atoms with Gasteiger partial charge in [0.2, 0.25) is 0 Å². The first kappa shape index (κ1) is 16.1. The normalized spacial score (nSPS) is 27.7. The molecule has 2 bridgehead atoms. The van der Waals surface area contributed by atoms with Crippen LogP contribution in [-0.2, 0) is 16.0 Å². The summed E-state index contributed by atoms with van der Waals surface area (Å²) in [6.45, 7) is 2.67. The molecule has 2 N–H and O–H groups in total. The fourth-order valence-corrected chi connectivity index (χ4v) is 4.43. The number of carbonyl (C=O) groups is 2. The van der Waals surface area contributed by atoms with Gasteiger partial charge in [-0.15, -0.1) is 0 Å². The van der Waals surface area contributed by atoms with Crippen molar-refractivity contribution < 1.29 is 14.3 Å². The quantitative estimate of drug-likeness (QED) is 0.619. The maximum atomic E-state index is 13.0. The molecule has 1 aliphatic carbocycles. The van der Waals surface area contributed by atoms with Gasteiger partial charge < -0.3 is 15.0 Å². The molecule has 5 nitrogen and oxygen atoms in total. The van der Waals surface area contributed by atoms with Crippen molar-refractivity contribution in [1.29, 1.82) is 0 Å². The summed E-state index contributed by atoms with van der Waals surface area (Å²) in [5.74, 6) is -0.603. The molecular formula is C20H22N2O3. The fourth-order valence-electron chi connectivity index (χ4n) is 4.43. The number of aromatic nitrogens is 1. The summed E-state index contributed by atoms with van der Waals surface area (Å²) < 4.78 is 5.08. The Morgan fingerprint density at radius 3 is 2.84 bits per heavy atom. The number of esters is 1. The Bertz CT molecular complexity index is 880. The highest BCUT2D eigenvalue weighted by atomic mass is 16.5. The molecule has 2 aromatic rings. The predicted molar refractivity (Wildman–Crippen MR) is 95.5 cm³/mol. The van der Waals surface area contributed by atoms with E-state index in [1.54, 1.807) is 0 Å². The predicted octanol–water partition coefficient (Wildman–Crippen LogP) is 2.62. The number of ketones is 1. The van der Waals surface area contributed by atoms with Crippen LogP contribution in [0, 0.1) is 11.8 Å². The van der Waals surface area contributed by atoms with Gasteiger partial charge in [0.05, 0.1) is 18.7 Å². The first-order valence-electron chi connectivity index (χ1n) is 8.73. The summed E-state index contributed by atoms with van der Waals surface area (Å²) in [7, 11) is 1.42. The number of methoxy groups -OCH3 is 1. The van der Waals surface area contributed by atoms with Crippen LogP contribution >= 0.6 is 0 Å². The number of rotatable bonds is 1. The summed E-state index contributed by atoms with van der Waals surface area (Å²) in [6.07, 6.45) is 2.99. The van der Waals surface area contributed by atoms with Gasteiger partial charge in [0.1, 0.15) is 0 Å². The second-order valence-corrected chi connectivity index (χ2v) is 6.86.